The van der Waals surface area contributed by atoms with Crippen LogP contribution in [0.2, 0.25) is 0 Å². The van der Waals surface area contributed by atoms with Gasteiger partial charge in [0.2, 0.25) is 11.9 Å². The van der Waals surface area contributed by atoms with Gasteiger partial charge < -0.3 is 19.1 Å². The van der Waals surface area contributed by atoms with E-state index in [1.165, 1.54) is 12.4 Å². The molecule has 0 spiro atoms. The molecule has 1 N–H and O–H groups in total. The highest BCUT2D eigenvalue weighted by atomic mass is 16.5. The molecule has 3 heterocycles. The highest BCUT2D eigenvalue weighted by Gasteiger charge is 2.28. The molecule has 1 aromatic carbocycles. The van der Waals surface area contributed by atoms with Crippen molar-refractivity contribution in [3.63, 3.8) is 0 Å². The first-order valence-corrected chi connectivity index (χ1v) is 12.7. The predicted molar refractivity (Wildman–Crippen MR) is 143 cm³/mol. The zero-order valence-electron chi connectivity index (χ0n) is 21.9. The standard InChI is InChI=1S/C27H35N7O3/c1-19(2)37-23-11-7-10-22-25(23)34(27(30-22)31-26(36)20-13-14-28-29-17-20)21-9-5-6-16-33(18-21)24(35)12-8-15-32(3)4/h7-8,10-14,17,19,21H,5-6,9,15-16,18H2,1-4H3,(H,30,31,36)/b12-8+/t21-/m1/s1. The van der Waals surface area contributed by atoms with Crippen molar-refractivity contribution < 1.29 is 14.3 Å². The number of aromatic nitrogens is 4. The van der Waals surface area contributed by atoms with Crippen LogP contribution in [-0.4, -0.2) is 81.2 Å². The van der Waals surface area contributed by atoms with Gasteiger partial charge in [-0.25, -0.2) is 4.98 Å². The molecule has 0 bridgehead atoms. The summed E-state index contributed by atoms with van der Waals surface area (Å²) in [4.78, 5) is 34.8. The van der Waals surface area contributed by atoms with E-state index in [2.05, 4.69) is 15.5 Å². The zero-order valence-corrected chi connectivity index (χ0v) is 21.9. The van der Waals surface area contributed by atoms with Gasteiger partial charge in [0.1, 0.15) is 11.3 Å². The van der Waals surface area contributed by atoms with E-state index in [-0.39, 0.29) is 24.0 Å². The van der Waals surface area contributed by atoms with Crippen molar-refractivity contribution in [3.8, 4) is 5.75 Å². The summed E-state index contributed by atoms with van der Waals surface area (Å²) in [5, 5.41) is 10.5. The van der Waals surface area contributed by atoms with E-state index in [0.29, 0.717) is 42.4 Å². The number of anilines is 1. The molecule has 10 nitrogen and oxygen atoms in total. The molecule has 2 aromatic heterocycles. The fourth-order valence-electron chi connectivity index (χ4n) is 4.51. The van der Waals surface area contributed by atoms with Gasteiger partial charge in [0.25, 0.3) is 5.91 Å². The lowest BCUT2D eigenvalue weighted by Crippen LogP contribution is -2.35. The second kappa shape index (κ2) is 12.0. The van der Waals surface area contributed by atoms with Gasteiger partial charge in [0.15, 0.2) is 0 Å². The monoisotopic (exact) mass is 505 g/mol. The number of nitrogens with zero attached hydrogens (tertiary/aromatic N) is 6. The Hall–Kier alpha value is -3.79. The fourth-order valence-corrected chi connectivity index (χ4v) is 4.51. The van der Waals surface area contributed by atoms with Crippen molar-refractivity contribution >= 4 is 28.8 Å². The van der Waals surface area contributed by atoms with Crippen LogP contribution in [-0.2, 0) is 4.79 Å². The van der Waals surface area contributed by atoms with Crippen LogP contribution in [0.4, 0.5) is 5.95 Å². The Morgan fingerprint density at radius 3 is 2.78 bits per heavy atom. The summed E-state index contributed by atoms with van der Waals surface area (Å²) in [7, 11) is 3.94. The number of nitrogens with one attached hydrogen (secondary N) is 1. The number of carbonyl (C=O) groups is 2. The molecule has 2 amide bonds. The van der Waals surface area contributed by atoms with E-state index in [9.17, 15) is 9.59 Å². The number of carbonyl (C=O) groups excluding carboxylic acids is 2. The van der Waals surface area contributed by atoms with Gasteiger partial charge >= 0.3 is 0 Å². The van der Waals surface area contributed by atoms with Gasteiger partial charge in [-0.2, -0.15) is 10.2 Å². The Labute approximate surface area is 217 Å². The third-order valence-electron chi connectivity index (χ3n) is 6.16. The van der Waals surface area contributed by atoms with Crippen molar-refractivity contribution in [3.05, 3.63) is 54.4 Å². The minimum atomic E-state index is -0.328. The minimum Gasteiger partial charge on any atom is -0.489 e. The Bertz CT molecular complexity index is 1250. The number of para-hydroxylation sites is 1. The molecule has 1 saturated heterocycles. The summed E-state index contributed by atoms with van der Waals surface area (Å²) in [6, 6.07) is 7.24. The smallest absolute Gasteiger partial charge is 0.259 e. The number of imidazole rings is 1. The van der Waals surface area contributed by atoms with Crippen LogP contribution >= 0.6 is 0 Å². The average Bonchev–Trinajstić information content (AvgIpc) is 3.05. The Morgan fingerprint density at radius 2 is 2.05 bits per heavy atom. The van der Waals surface area contributed by atoms with Crippen molar-refractivity contribution in [2.45, 2.75) is 45.3 Å². The number of ether oxygens (including phenoxy) is 1. The maximum absolute atomic E-state index is 13.1. The van der Waals surface area contributed by atoms with E-state index >= 15 is 0 Å². The average molecular weight is 506 g/mol. The lowest BCUT2D eigenvalue weighted by Gasteiger charge is -2.26. The molecule has 196 valence electrons. The molecule has 1 aliphatic rings. The van der Waals surface area contributed by atoms with Crippen molar-refractivity contribution in [1.29, 1.82) is 0 Å². The van der Waals surface area contributed by atoms with Crippen molar-refractivity contribution in [1.82, 2.24) is 29.5 Å². The van der Waals surface area contributed by atoms with E-state index in [0.717, 1.165) is 24.8 Å². The quantitative estimate of drug-likeness (QED) is 0.467. The highest BCUT2D eigenvalue weighted by Crippen LogP contribution is 2.35. The normalized spacial score (nSPS) is 16.5. The molecule has 0 aliphatic carbocycles. The number of benzene rings is 1. The lowest BCUT2D eigenvalue weighted by molar-refractivity contribution is -0.126. The second-order valence-electron chi connectivity index (χ2n) is 9.78. The number of fused-ring (bicyclic) bond motifs is 1. The van der Waals surface area contributed by atoms with Gasteiger partial charge in [-0.05, 0) is 65.4 Å². The third-order valence-corrected chi connectivity index (χ3v) is 6.16. The van der Waals surface area contributed by atoms with Gasteiger partial charge in [-0.1, -0.05) is 12.1 Å². The Balaban J connectivity index is 1.73. The molecular weight excluding hydrogens is 470 g/mol. The number of likely N-dealkylation sites (tertiary alicyclic amines) is 1. The molecule has 0 unspecified atom stereocenters. The number of hydrogen-bond acceptors (Lipinski definition) is 7. The van der Waals surface area contributed by atoms with Gasteiger partial charge in [-0.3, -0.25) is 14.9 Å². The maximum atomic E-state index is 13.1. The molecule has 1 atom stereocenters. The summed E-state index contributed by atoms with van der Waals surface area (Å²) in [6.45, 7) is 5.85. The molecule has 1 aliphatic heterocycles. The van der Waals surface area contributed by atoms with Crippen LogP contribution in [0.25, 0.3) is 11.0 Å². The summed E-state index contributed by atoms with van der Waals surface area (Å²) < 4.78 is 8.19. The zero-order chi connectivity index (χ0) is 26.4. The first-order chi connectivity index (χ1) is 17.8. The lowest BCUT2D eigenvalue weighted by atomic mass is 10.1. The summed E-state index contributed by atoms with van der Waals surface area (Å²) in [5.74, 6) is 0.773. The third kappa shape index (κ3) is 6.51. The van der Waals surface area contributed by atoms with Gasteiger partial charge in [-0.15, -0.1) is 0 Å². The van der Waals surface area contributed by atoms with E-state index in [1.807, 2.05) is 66.6 Å². The van der Waals surface area contributed by atoms with Crippen molar-refractivity contribution in [2.24, 2.45) is 0 Å². The van der Waals surface area contributed by atoms with Crippen LogP contribution < -0.4 is 10.1 Å². The van der Waals surface area contributed by atoms with Gasteiger partial charge in [0.05, 0.1) is 35.6 Å². The topological polar surface area (TPSA) is 105 Å². The molecule has 3 aromatic rings. The number of rotatable bonds is 8. The highest BCUT2D eigenvalue weighted by molar-refractivity contribution is 6.04. The first kappa shape index (κ1) is 26.3. The fraction of sp³-hybridized carbons (Fsp3) is 0.444. The summed E-state index contributed by atoms with van der Waals surface area (Å²) in [6.07, 6.45) is 9.10. The van der Waals surface area contributed by atoms with Crippen LogP contribution in [0.15, 0.2) is 48.8 Å². The van der Waals surface area contributed by atoms with E-state index in [1.54, 1.807) is 12.1 Å². The van der Waals surface area contributed by atoms with E-state index in [4.69, 9.17) is 9.72 Å². The Kier molecular flexibility index (Phi) is 8.50. The number of hydrogen-bond donors (Lipinski definition) is 1. The maximum Gasteiger partial charge on any atom is 0.259 e. The van der Waals surface area contributed by atoms with Crippen molar-refractivity contribution in [2.75, 3.05) is 39.0 Å². The number of likely N-dealkylation sites (N-methyl/N-ethyl adjacent to an activating group) is 1. The largest absolute Gasteiger partial charge is 0.489 e. The minimum absolute atomic E-state index is 0.00901. The predicted octanol–water partition coefficient (Wildman–Crippen LogP) is 3.54. The molecule has 0 saturated carbocycles. The summed E-state index contributed by atoms with van der Waals surface area (Å²) in [5.41, 5.74) is 1.91. The first-order valence-electron chi connectivity index (χ1n) is 12.7. The SMILES string of the molecule is CC(C)Oc1cccc2nc(NC(=O)c3ccnnc3)n([C@@H]3CCCCN(C(=O)/C=C/CN(C)C)C3)c12. The van der Waals surface area contributed by atoms with Crippen LogP contribution in [0.3, 0.4) is 0 Å². The van der Waals surface area contributed by atoms with Crippen LogP contribution in [0.1, 0.15) is 49.5 Å². The molecule has 1 fully saturated rings. The van der Waals surface area contributed by atoms with Crippen LogP contribution in [0, 0.1) is 0 Å². The Morgan fingerprint density at radius 1 is 1.22 bits per heavy atom. The molecule has 4 rings (SSSR count). The molecule has 0 radical (unpaired) electrons. The van der Waals surface area contributed by atoms with Gasteiger partial charge in [0, 0.05) is 25.7 Å². The summed E-state index contributed by atoms with van der Waals surface area (Å²) >= 11 is 0. The molecule has 10 heteroatoms. The van der Waals surface area contributed by atoms with E-state index < -0.39 is 0 Å². The molecule has 37 heavy (non-hydrogen) atoms. The second-order valence-corrected chi connectivity index (χ2v) is 9.78. The van der Waals surface area contributed by atoms with Crippen LogP contribution in [0.5, 0.6) is 5.75 Å². The molecular formula is C27H35N7O3. The number of amides is 2.